The number of Topliss-reactive ketones (excluding diaryl/α,β-unsaturated/α-hetero) is 1. The molecule has 0 bridgehead atoms. The largest absolute Gasteiger partial charge is 0.464 e. The van der Waals surface area contributed by atoms with E-state index >= 15 is 0 Å². The van der Waals surface area contributed by atoms with E-state index in [2.05, 4.69) is 36.5 Å². The first-order valence-electron chi connectivity index (χ1n) is 11.8. The molecule has 8 heteroatoms. The molecule has 7 nitrogen and oxygen atoms in total. The zero-order valence-electron chi connectivity index (χ0n) is 20.7. The number of benzene rings is 2. The molecule has 0 fully saturated rings. The van der Waals surface area contributed by atoms with Crippen LogP contribution in [0.5, 0.6) is 0 Å². The zero-order valence-corrected chi connectivity index (χ0v) is 21.5. The summed E-state index contributed by atoms with van der Waals surface area (Å²) in [5.41, 5.74) is -0.641. The first-order valence-corrected chi connectivity index (χ1v) is 12.6. The minimum Gasteiger partial charge on any atom is -0.464 e. The molecule has 0 aromatic heterocycles. The SMILES string of the molecule is CCCCc1ccc(Sc2ccc(C(=O)CC(NC(C)=O)(C(=O)OCC)C(=O)OCC)cc2)cc1. The zero-order chi connectivity index (χ0) is 25.8. The van der Waals surface area contributed by atoms with Gasteiger partial charge < -0.3 is 14.8 Å². The van der Waals surface area contributed by atoms with Gasteiger partial charge in [0, 0.05) is 22.3 Å². The number of rotatable bonds is 13. The Labute approximate surface area is 211 Å². The average molecular weight is 500 g/mol. The molecule has 2 aromatic carbocycles. The van der Waals surface area contributed by atoms with E-state index in [1.807, 2.05) is 0 Å². The molecular weight excluding hydrogens is 466 g/mol. The summed E-state index contributed by atoms with van der Waals surface area (Å²) in [6.45, 7) is 6.40. The fraction of sp³-hybridized carbons (Fsp3) is 0.407. The van der Waals surface area contributed by atoms with Crippen LogP contribution in [-0.2, 0) is 30.3 Å². The van der Waals surface area contributed by atoms with Crippen LogP contribution in [-0.4, -0.2) is 42.4 Å². The molecule has 1 amide bonds. The van der Waals surface area contributed by atoms with Gasteiger partial charge in [-0.2, -0.15) is 0 Å². The first-order chi connectivity index (χ1) is 16.7. The van der Waals surface area contributed by atoms with Crippen LogP contribution in [0, 0.1) is 0 Å². The molecule has 188 valence electrons. The summed E-state index contributed by atoms with van der Waals surface area (Å²) in [4.78, 5) is 52.4. The van der Waals surface area contributed by atoms with Crippen molar-refractivity contribution in [2.45, 2.75) is 68.7 Å². The molecule has 0 aliphatic rings. The lowest BCUT2D eigenvalue weighted by Gasteiger charge is -2.29. The highest BCUT2D eigenvalue weighted by Gasteiger charge is 2.51. The maximum absolute atomic E-state index is 13.1. The quantitative estimate of drug-likeness (QED) is 0.241. The molecule has 2 aromatic rings. The number of aryl methyl sites for hydroxylation is 1. The summed E-state index contributed by atoms with van der Waals surface area (Å²) in [7, 11) is 0. The van der Waals surface area contributed by atoms with Crippen molar-refractivity contribution in [2.75, 3.05) is 13.2 Å². The fourth-order valence-corrected chi connectivity index (χ4v) is 4.29. The topological polar surface area (TPSA) is 98.8 Å². The molecule has 0 unspecified atom stereocenters. The molecular formula is C27H33NO6S. The number of nitrogens with one attached hydrogen (secondary N) is 1. The van der Waals surface area contributed by atoms with E-state index in [1.165, 1.54) is 5.56 Å². The maximum Gasteiger partial charge on any atom is 0.344 e. The summed E-state index contributed by atoms with van der Waals surface area (Å²) in [5, 5.41) is 2.31. The highest BCUT2D eigenvalue weighted by atomic mass is 32.2. The van der Waals surface area contributed by atoms with E-state index in [0.717, 1.165) is 36.0 Å². The monoisotopic (exact) mass is 499 g/mol. The van der Waals surface area contributed by atoms with Crippen molar-refractivity contribution in [3.8, 4) is 0 Å². The molecule has 0 aliphatic carbocycles. The highest BCUT2D eigenvalue weighted by molar-refractivity contribution is 7.99. The Morgan fingerprint density at radius 3 is 1.80 bits per heavy atom. The number of ketones is 1. The second-order valence-corrected chi connectivity index (χ2v) is 9.15. The third-order valence-electron chi connectivity index (χ3n) is 5.22. The Hall–Kier alpha value is -3.13. The second kappa shape index (κ2) is 13.7. The molecule has 0 saturated carbocycles. The van der Waals surface area contributed by atoms with E-state index in [4.69, 9.17) is 9.47 Å². The fourth-order valence-electron chi connectivity index (χ4n) is 3.48. The first kappa shape index (κ1) is 28.1. The minimum absolute atomic E-state index is 0.0285. The maximum atomic E-state index is 13.1. The van der Waals surface area contributed by atoms with Gasteiger partial charge >= 0.3 is 11.9 Å². The van der Waals surface area contributed by atoms with Gasteiger partial charge in [0.2, 0.25) is 11.4 Å². The number of amides is 1. The molecule has 0 spiro atoms. The summed E-state index contributed by atoms with van der Waals surface area (Å²) >= 11 is 1.57. The number of hydrogen-bond acceptors (Lipinski definition) is 7. The number of ether oxygens (including phenoxy) is 2. The van der Waals surface area contributed by atoms with Crippen molar-refractivity contribution >= 4 is 35.4 Å². The summed E-state index contributed by atoms with van der Waals surface area (Å²) in [6.07, 6.45) is 2.77. The van der Waals surface area contributed by atoms with Crippen LogP contribution in [0.2, 0.25) is 0 Å². The van der Waals surface area contributed by atoms with Crippen molar-refractivity contribution in [3.05, 3.63) is 59.7 Å². The third-order valence-corrected chi connectivity index (χ3v) is 6.23. The van der Waals surface area contributed by atoms with Crippen LogP contribution >= 0.6 is 11.8 Å². The van der Waals surface area contributed by atoms with E-state index in [-0.39, 0.29) is 13.2 Å². The number of unbranched alkanes of at least 4 members (excludes halogenated alkanes) is 1. The molecule has 1 N–H and O–H groups in total. The van der Waals surface area contributed by atoms with Crippen LogP contribution < -0.4 is 5.32 Å². The Balaban J connectivity index is 2.20. The number of hydrogen-bond donors (Lipinski definition) is 1. The van der Waals surface area contributed by atoms with Gasteiger partial charge in [0.05, 0.1) is 19.6 Å². The van der Waals surface area contributed by atoms with Crippen molar-refractivity contribution in [2.24, 2.45) is 0 Å². The Morgan fingerprint density at radius 2 is 1.34 bits per heavy atom. The summed E-state index contributed by atoms with van der Waals surface area (Å²) in [5.74, 6) is -3.23. The average Bonchev–Trinajstić information content (AvgIpc) is 2.83. The third kappa shape index (κ3) is 7.96. The number of carbonyl (C=O) groups excluding carboxylic acids is 4. The molecule has 0 atom stereocenters. The van der Waals surface area contributed by atoms with Gasteiger partial charge in [-0.1, -0.05) is 49.4 Å². The van der Waals surface area contributed by atoms with Crippen LogP contribution in [0.25, 0.3) is 0 Å². The van der Waals surface area contributed by atoms with Crippen LogP contribution in [0.4, 0.5) is 0 Å². The highest BCUT2D eigenvalue weighted by Crippen LogP contribution is 2.29. The minimum atomic E-state index is -2.25. The van der Waals surface area contributed by atoms with Gasteiger partial charge in [-0.3, -0.25) is 9.59 Å². The lowest BCUT2D eigenvalue weighted by atomic mass is 9.90. The predicted octanol–water partition coefficient (Wildman–Crippen LogP) is 4.75. The molecule has 0 aliphatic heterocycles. The second-order valence-electron chi connectivity index (χ2n) is 8.00. The standard InChI is InChI=1S/C27H33NO6S/c1-5-8-9-20-10-14-22(15-11-20)35-23-16-12-21(13-17-23)24(30)18-27(28-19(4)29,25(31)33-6-2)26(32)34-7-3/h10-17H,5-9,18H2,1-4H3,(H,28,29). The molecule has 0 heterocycles. The van der Waals surface area contributed by atoms with Gasteiger partial charge in [0.15, 0.2) is 5.78 Å². The molecule has 0 saturated heterocycles. The smallest absolute Gasteiger partial charge is 0.344 e. The Morgan fingerprint density at radius 1 is 0.829 bits per heavy atom. The lowest BCUT2D eigenvalue weighted by Crippen LogP contribution is -2.62. The lowest BCUT2D eigenvalue weighted by molar-refractivity contribution is -0.167. The van der Waals surface area contributed by atoms with E-state index in [1.54, 1.807) is 49.9 Å². The Kier molecular flexibility index (Phi) is 11.0. The van der Waals surface area contributed by atoms with E-state index < -0.39 is 35.6 Å². The predicted molar refractivity (Wildman–Crippen MR) is 134 cm³/mol. The van der Waals surface area contributed by atoms with Crippen LogP contribution in [0.1, 0.15) is 62.9 Å². The van der Waals surface area contributed by atoms with Crippen LogP contribution in [0.3, 0.4) is 0 Å². The van der Waals surface area contributed by atoms with Crippen molar-refractivity contribution < 1.29 is 28.7 Å². The van der Waals surface area contributed by atoms with Crippen LogP contribution in [0.15, 0.2) is 58.3 Å². The van der Waals surface area contributed by atoms with E-state index in [0.29, 0.717) is 5.56 Å². The van der Waals surface area contributed by atoms with Crippen molar-refractivity contribution in [1.82, 2.24) is 5.32 Å². The van der Waals surface area contributed by atoms with Gasteiger partial charge in [-0.15, -0.1) is 0 Å². The van der Waals surface area contributed by atoms with Gasteiger partial charge in [-0.25, -0.2) is 9.59 Å². The summed E-state index contributed by atoms with van der Waals surface area (Å²) in [6, 6.07) is 15.3. The number of esters is 2. The Bertz CT molecular complexity index is 999. The van der Waals surface area contributed by atoms with Gasteiger partial charge in [-0.05, 0) is 56.5 Å². The molecule has 35 heavy (non-hydrogen) atoms. The molecule has 2 rings (SSSR count). The van der Waals surface area contributed by atoms with Crippen molar-refractivity contribution in [1.29, 1.82) is 0 Å². The molecule has 0 radical (unpaired) electrons. The summed E-state index contributed by atoms with van der Waals surface area (Å²) < 4.78 is 10.0. The normalized spacial score (nSPS) is 11.0. The van der Waals surface area contributed by atoms with Gasteiger partial charge in [0.25, 0.3) is 0 Å². The van der Waals surface area contributed by atoms with Gasteiger partial charge in [0.1, 0.15) is 0 Å². The number of carbonyl (C=O) groups is 4. The van der Waals surface area contributed by atoms with E-state index in [9.17, 15) is 19.2 Å². The van der Waals surface area contributed by atoms with Crippen molar-refractivity contribution in [3.63, 3.8) is 0 Å².